The van der Waals surface area contributed by atoms with Crippen LogP contribution in [0.5, 0.6) is 0 Å². The molecule has 1 aliphatic rings. The normalized spacial score (nSPS) is 22.4. The molecule has 1 aliphatic carbocycles. The molecule has 1 N–H and O–H groups in total. The number of thiazole rings is 1. The Balaban J connectivity index is 2.19. The van der Waals surface area contributed by atoms with E-state index in [1.165, 1.54) is 12.8 Å². The molecule has 1 aromatic rings. The Morgan fingerprint density at radius 3 is 2.79 bits per heavy atom. The molecule has 1 saturated carbocycles. The highest BCUT2D eigenvalue weighted by molar-refractivity contribution is 7.07. The van der Waals surface area contributed by atoms with Crippen molar-refractivity contribution in [3.63, 3.8) is 0 Å². The first-order chi connectivity index (χ1) is 6.78. The first-order valence-electron chi connectivity index (χ1n) is 5.35. The fourth-order valence-electron chi connectivity index (χ4n) is 2.57. The van der Waals surface area contributed by atoms with Gasteiger partial charge in [-0.2, -0.15) is 0 Å². The molecule has 14 heavy (non-hydrogen) atoms. The van der Waals surface area contributed by atoms with Crippen LogP contribution in [0.15, 0.2) is 10.9 Å². The predicted molar refractivity (Wildman–Crippen MR) is 58.3 cm³/mol. The van der Waals surface area contributed by atoms with Crippen LogP contribution in [0.1, 0.15) is 50.8 Å². The maximum absolute atomic E-state index is 10.3. The largest absolute Gasteiger partial charge is 0.386 e. The van der Waals surface area contributed by atoms with Crippen LogP contribution < -0.4 is 0 Å². The standard InChI is InChI=1S/C11H17NOS/c1-2-11(5-3-4-6-11)10(13)9-7-14-8-12-9/h7-8,10,13H,2-6H2,1H3. The molecule has 1 fully saturated rings. The molecular weight excluding hydrogens is 194 g/mol. The molecular formula is C11H17NOS. The molecule has 0 amide bonds. The minimum atomic E-state index is -0.346. The van der Waals surface area contributed by atoms with Crippen LogP contribution in [0, 0.1) is 5.41 Å². The first kappa shape index (κ1) is 10.1. The van der Waals surface area contributed by atoms with E-state index >= 15 is 0 Å². The molecule has 0 aliphatic heterocycles. The summed E-state index contributed by atoms with van der Waals surface area (Å²) in [5.41, 5.74) is 2.80. The fraction of sp³-hybridized carbons (Fsp3) is 0.727. The van der Waals surface area contributed by atoms with Gasteiger partial charge in [0.15, 0.2) is 0 Å². The van der Waals surface area contributed by atoms with Crippen LogP contribution in [0.2, 0.25) is 0 Å². The molecule has 1 unspecified atom stereocenters. The van der Waals surface area contributed by atoms with E-state index in [0.717, 1.165) is 25.0 Å². The van der Waals surface area contributed by atoms with E-state index in [0.29, 0.717) is 0 Å². The van der Waals surface area contributed by atoms with Gasteiger partial charge in [0.2, 0.25) is 0 Å². The molecule has 1 heterocycles. The van der Waals surface area contributed by atoms with Gasteiger partial charge in [0.25, 0.3) is 0 Å². The summed E-state index contributed by atoms with van der Waals surface area (Å²) in [6.07, 6.45) is 5.54. The summed E-state index contributed by atoms with van der Waals surface area (Å²) in [4.78, 5) is 4.22. The van der Waals surface area contributed by atoms with Crippen molar-refractivity contribution in [1.29, 1.82) is 0 Å². The molecule has 0 bridgehead atoms. The van der Waals surface area contributed by atoms with Crippen molar-refractivity contribution in [3.8, 4) is 0 Å². The third-order valence-corrected chi connectivity index (χ3v) is 4.22. The van der Waals surface area contributed by atoms with Crippen LogP contribution in [0.3, 0.4) is 0 Å². The number of aliphatic hydroxyl groups excluding tert-OH is 1. The second-order valence-electron chi connectivity index (χ2n) is 4.24. The molecule has 0 aromatic carbocycles. The monoisotopic (exact) mass is 211 g/mol. The third kappa shape index (κ3) is 1.59. The Labute approximate surface area is 89.0 Å². The van der Waals surface area contributed by atoms with E-state index in [4.69, 9.17) is 0 Å². The van der Waals surface area contributed by atoms with E-state index in [-0.39, 0.29) is 11.5 Å². The summed E-state index contributed by atoms with van der Waals surface area (Å²) < 4.78 is 0. The van der Waals surface area contributed by atoms with Gasteiger partial charge in [-0.3, -0.25) is 0 Å². The highest BCUT2D eigenvalue weighted by Crippen LogP contribution is 2.49. The number of rotatable bonds is 3. The lowest BCUT2D eigenvalue weighted by Crippen LogP contribution is -2.25. The van der Waals surface area contributed by atoms with Crippen molar-refractivity contribution < 1.29 is 5.11 Å². The van der Waals surface area contributed by atoms with Gasteiger partial charge in [-0.15, -0.1) is 11.3 Å². The third-order valence-electron chi connectivity index (χ3n) is 3.62. The summed E-state index contributed by atoms with van der Waals surface area (Å²) >= 11 is 1.56. The zero-order chi connectivity index (χ0) is 10.0. The highest BCUT2D eigenvalue weighted by atomic mass is 32.1. The van der Waals surface area contributed by atoms with Gasteiger partial charge in [-0.05, 0) is 19.3 Å². The maximum Gasteiger partial charge on any atom is 0.102 e. The molecule has 2 rings (SSSR count). The van der Waals surface area contributed by atoms with Crippen molar-refractivity contribution in [2.24, 2.45) is 5.41 Å². The highest BCUT2D eigenvalue weighted by Gasteiger charge is 2.40. The van der Waals surface area contributed by atoms with Crippen LogP contribution >= 0.6 is 11.3 Å². The Morgan fingerprint density at radius 2 is 2.29 bits per heavy atom. The number of hydrogen-bond acceptors (Lipinski definition) is 3. The van der Waals surface area contributed by atoms with E-state index < -0.39 is 0 Å². The number of aliphatic hydroxyl groups is 1. The van der Waals surface area contributed by atoms with Crippen LogP contribution in [-0.2, 0) is 0 Å². The zero-order valence-electron chi connectivity index (χ0n) is 8.57. The average molecular weight is 211 g/mol. The van der Waals surface area contributed by atoms with E-state index in [2.05, 4.69) is 11.9 Å². The van der Waals surface area contributed by atoms with Gasteiger partial charge in [0, 0.05) is 10.8 Å². The van der Waals surface area contributed by atoms with Crippen molar-refractivity contribution >= 4 is 11.3 Å². The van der Waals surface area contributed by atoms with E-state index in [1.807, 2.05) is 5.38 Å². The SMILES string of the molecule is CCC1(C(O)c2cscn2)CCCC1. The van der Waals surface area contributed by atoms with Gasteiger partial charge >= 0.3 is 0 Å². The van der Waals surface area contributed by atoms with Crippen LogP contribution in [-0.4, -0.2) is 10.1 Å². The number of hydrogen-bond donors (Lipinski definition) is 1. The van der Waals surface area contributed by atoms with E-state index in [1.54, 1.807) is 16.8 Å². The Morgan fingerprint density at radius 1 is 1.57 bits per heavy atom. The number of nitrogens with zero attached hydrogens (tertiary/aromatic N) is 1. The van der Waals surface area contributed by atoms with Crippen molar-refractivity contribution in [1.82, 2.24) is 4.98 Å². The minimum Gasteiger partial charge on any atom is -0.386 e. The van der Waals surface area contributed by atoms with Gasteiger partial charge in [-0.25, -0.2) is 4.98 Å². The van der Waals surface area contributed by atoms with Crippen molar-refractivity contribution in [2.75, 3.05) is 0 Å². The molecule has 1 aromatic heterocycles. The smallest absolute Gasteiger partial charge is 0.102 e. The average Bonchev–Trinajstić information content (AvgIpc) is 2.89. The lowest BCUT2D eigenvalue weighted by Gasteiger charge is -2.32. The molecule has 2 nitrogen and oxygen atoms in total. The van der Waals surface area contributed by atoms with Gasteiger partial charge in [-0.1, -0.05) is 19.8 Å². The summed E-state index contributed by atoms with van der Waals surface area (Å²) in [5.74, 6) is 0. The van der Waals surface area contributed by atoms with Crippen molar-refractivity contribution in [3.05, 3.63) is 16.6 Å². The molecule has 0 spiro atoms. The summed E-state index contributed by atoms with van der Waals surface area (Å²) in [5, 5.41) is 12.3. The Hall–Kier alpha value is -0.410. The predicted octanol–water partition coefficient (Wildman–Crippen LogP) is 3.15. The van der Waals surface area contributed by atoms with Gasteiger partial charge in [0.05, 0.1) is 11.2 Å². The van der Waals surface area contributed by atoms with Crippen molar-refractivity contribution in [2.45, 2.75) is 45.1 Å². The summed E-state index contributed by atoms with van der Waals surface area (Å²) in [6.45, 7) is 2.18. The Bertz CT molecular complexity index is 277. The van der Waals surface area contributed by atoms with Gasteiger partial charge in [0.1, 0.15) is 6.10 Å². The molecule has 78 valence electrons. The minimum absolute atomic E-state index is 0.119. The Kier molecular flexibility index (Phi) is 2.88. The summed E-state index contributed by atoms with van der Waals surface area (Å²) in [7, 11) is 0. The first-order valence-corrected chi connectivity index (χ1v) is 6.29. The van der Waals surface area contributed by atoms with Crippen LogP contribution in [0.4, 0.5) is 0 Å². The second kappa shape index (κ2) is 3.99. The topological polar surface area (TPSA) is 33.1 Å². The maximum atomic E-state index is 10.3. The molecule has 1 atom stereocenters. The summed E-state index contributed by atoms with van der Waals surface area (Å²) in [6, 6.07) is 0. The van der Waals surface area contributed by atoms with E-state index in [9.17, 15) is 5.11 Å². The lowest BCUT2D eigenvalue weighted by atomic mass is 9.77. The zero-order valence-corrected chi connectivity index (χ0v) is 9.39. The number of aromatic nitrogens is 1. The quantitative estimate of drug-likeness (QED) is 0.833. The van der Waals surface area contributed by atoms with Crippen LogP contribution in [0.25, 0.3) is 0 Å². The van der Waals surface area contributed by atoms with Gasteiger partial charge < -0.3 is 5.11 Å². The lowest BCUT2D eigenvalue weighted by molar-refractivity contribution is 0.0210. The fourth-order valence-corrected chi connectivity index (χ4v) is 3.14. The second-order valence-corrected chi connectivity index (χ2v) is 4.96. The molecule has 3 heteroatoms. The molecule has 0 radical (unpaired) electrons. The molecule has 0 saturated heterocycles.